The van der Waals surface area contributed by atoms with E-state index in [0.717, 1.165) is 12.0 Å². The van der Waals surface area contributed by atoms with Crippen LogP contribution in [0.3, 0.4) is 0 Å². The Kier molecular flexibility index (Phi) is 3.88. The summed E-state index contributed by atoms with van der Waals surface area (Å²) in [5, 5.41) is 7.58. The first kappa shape index (κ1) is 12.5. The fourth-order valence-corrected chi connectivity index (χ4v) is 1.49. The van der Waals surface area contributed by atoms with Gasteiger partial charge in [0.2, 0.25) is 0 Å². The van der Waals surface area contributed by atoms with Gasteiger partial charge < -0.3 is 0 Å². The van der Waals surface area contributed by atoms with E-state index in [0.29, 0.717) is 17.3 Å². The summed E-state index contributed by atoms with van der Waals surface area (Å²) in [6, 6.07) is 1.67. The average molecular weight is 220 g/mol. The van der Waals surface area contributed by atoms with Crippen LogP contribution in [-0.2, 0) is 6.42 Å². The molecule has 0 saturated heterocycles. The van der Waals surface area contributed by atoms with Crippen molar-refractivity contribution in [3.05, 3.63) is 23.0 Å². The molecule has 4 nitrogen and oxygen atoms in total. The van der Waals surface area contributed by atoms with Crippen molar-refractivity contribution in [1.29, 1.82) is 0 Å². The first-order valence-electron chi connectivity index (χ1n) is 5.30. The van der Waals surface area contributed by atoms with Crippen molar-refractivity contribution in [2.24, 2.45) is 5.92 Å². The van der Waals surface area contributed by atoms with E-state index in [9.17, 15) is 9.59 Å². The van der Waals surface area contributed by atoms with Crippen LogP contribution < -0.4 is 0 Å². The van der Waals surface area contributed by atoms with Gasteiger partial charge in [0.05, 0.1) is 0 Å². The summed E-state index contributed by atoms with van der Waals surface area (Å²) in [6.07, 6.45) is 0.727. The number of carbonyl (C=O) groups is 2. The summed E-state index contributed by atoms with van der Waals surface area (Å²) in [6.45, 7) is 7.01. The second-order valence-corrected chi connectivity index (χ2v) is 4.31. The lowest BCUT2D eigenvalue weighted by atomic mass is 9.99. The first-order valence-corrected chi connectivity index (χ1v) is 5.30. The fourth-order valence-electron chi connectivity index (χ4n) is 1.49. The third-order valence-corrected chi connectivity index (χ3v) is 2.20. The van der Waals surface area contributed by atoms with Crippen molar-refractivity contribution in [3.63, 3.8) is 0 Å². The Morgan fingerprint density at radius 1 is 1.19 bits per heavy atom. The van der Waals surface area contributed by atoms with Crippen LogP contribution in [0.1, 0.15) is 54.2 Å². The van der Waals surface area contributed by atoms with Crippen LogP contribution >= 0.6 is 0 Å². The highest BCUT2D eigenvalue weighted by Gasteiger charge is 2.14. The molecule has 16 heavy (non-hydrogen) atoms. The average Bonchev–Trinajstić information content (AvgIpc) is 2.15. The standard InChI is InChI=1S/C12H16N2O2/c1-7(2)5-10-6-11(8(3)15)13-14-12(10)9(4)16/h6-7H,5H2,1-4H3. The minimum atomic E-state index is -0.132. The molecule has 0 atom stereocenters. The van der Waals surface area contributed by atoms with Crippen molar-refractivity contribution in [2.45, 2.75) is 34.1 Å². The molecule has 1 aromatic heterocycles. The quantitative estimate of drug-likeness (QED) is 0.729. The number of ketones is 2. The zero-order valence-electron chi connectivity index (χ0n) is 10.1. The van der Waals surface area contributed by atoms with E-state index < -0.39 is 0 Å². The monoisotopic (exact) mass is 220 g/mol. The Labute approximate surface area is 95.1 Å². The highest BCUT2D eigenvalue weighted by Crippen LogP contribution is 2.13. The van der Waals surface area contributed by atoms with Gasteiger partial charge in [0, 0.05) is 13.8 Å². The molecule has 0 amide bonds. The second-order valence-electron chi connectivity index (χ2n) is 4.31. The summed E-state index contributed by atoms with van der Waals surface area (Å²) in [5.74, 6) is 0.160. The molecule has 0 aliphatic carbocycles. The van der Waals surface area contributed by atoms with Gasteiger partial charge in [-0.15, -0.1) is 10.2 Å². The van der Waals surface area contributed by atoms with Crippen LogP contribution in [0.15, 0.2) is 6.07 Å². The van der Waals surface area contributed by atoms with Crippen molar-refractivity contribution < 1.29 is 9.59 Å². The van der Waals surface area contributed by atoms with E-state index in [-0.39, 0.29) is 11.6 Å². The van der Waals surface area contributed by atoms with Crippen LogP contribution in [0.4, 0.5) is 0 Å². The van der Waals surface area contributed by atoms with E-state index >= 15 is 0 Å². The Balaban J connectivity index is 3.21. The van der Waals surface area contributed by atoms with Gasteiger partial charge in [-0.2, -0.15) is 0 Å². The maximum Gasteiger partial charge on any atom is 0.180 e. The molecule has 86 valence electrons. The number of aromatic nitrogens is 2. The van der Waals surface area contributed by atoms with Crippen LogP contribution in [0.25, 0.3) is 0 Å². The molecule has 1 rings (SSSR count). The molecule has 0 radical (unpaired) electrons. The summed E-state index contributed by atoms with van der Waals surface area (Å²) < 4.78 is 0. The van der Waals surface area contributed by atoms with E-state index in [2.05, 4.69) is 24.0 Å². The molecule has 0 fully saturated rings. The SMILES string of the molecule is CC(=O)c1cc(CC(C)C)c(C(C)=O)nn1. The first-order chi connectivity index (χ1) is 7.41. The van der Waals surface area contributed by atoms with Crippen LogP contribution in [-0.4, -0.2) is 21.8 Å². The Hall–Kier alpha value is -1.58. The second kappa shape index (κ2) is 4.96. The fraction of sp³-hybridized carbons (Fsp3) is 0.500. The highest BCUT2D eigenvalue weighted by molar-refractivity contribution is 5.95. The predicted molar refractivity (Wildman–Crippen MR) is 60.6 cm³/mol. The molecule has 0 N–H and O–H groups in total. The van der Waals surface area contributed by atoms with Crippen molar-refractivity contribution in [3.8, 4) is 0 Å². The molecule has 0 aliphatic heterocycles. The van der Waals surface area contributed by atoms with Gasteiger partial charge in [-0.05, 0) is 24.0 Å². The molecule has 0 unspecified atom stereocenters. The Bertz CT molecular complexity index is 425. The lowest BCUT2D eigenvalue weighted by molar-refractivity contribution is 0.0991. The number of Topliss-reactive ketones (excluding diaryl/α,β-unsaturated/α-hetero) is 2. The summed E-state index contributed by atoms with van der Waals surface area (Å²) in [4.78, 5) is 22.5. The van der Waals surface area contributed by atoms with Crippen LogP contribution in [0.5, 0.6) is 0 Å². The van der Waals surface area contributed by atoms with Gasteiger partial charge in [0.1, 0.15) is 11.4 Å². The molecule has 1 heterocycles. The zero-order valence-corrected chi connectivity index (χ0v) is 10.1. The lowest BCUT2D eigenvalue weighted by Gasteiger charge is -2.08. The van der Waals surface area contributed by atoms with Gasteiger partial charge in [-0.3, -0.25) is 9.59 Å². The van der Waals surface area contributed by atoms with Gasteiger partial charge in [-0.25, -0.2) is 0 Å². The molecule has 0 spiro atoms. The van der Waals surface area contributed by atoms with Crippen LogP contribution in [0.2, 0.25) is 0 Å². The summed E-state index contributed by atoms with van der Waals surface area (Å²) in [5.41, 5.74) is 1.50. The van der Waals surface area contributed by atoms with Crippen molar-refractivity contribution >= 4 is 11.6 Å². The number of rotatable bonds is 4. The van der Waals surface area contributed by atoms with E-state index in [1.165, 1.54) is 13.8 Å². The van der Waals surface area contributed by atoms with Crippen molar-refractivity contribution in [1.82, 2.24) is 10.2 Å². The number of hydrogen-bond acceptors (Lipinski definition) is 4. The van der Waals surface area contributed by atoms with Gasteiger partial charge in [0.25, 0.3) is 0 Å². The molecule has 0 bridgehead atoms. The predicted octanol–water partition coefficient (Wildman–Crippen LogP) is 2.08. The smallest absolute Gasteiger partial charge is 0.180 e. The van der Waals surface area contributed by atoms with Crippen LogP contribution in [0, 0.1) is 5.92 Å². The largest absolute Gasteiger partial charge is 0.293 e. The number of nitrogens with zero attached hydrogens (tertiary/aromatic N) is 2. The van der Waals surface area contributed by atoms with E-state index in [1.807, 2.05) is 0 Å². The summed E-state index contributed by atoms with van der Waals surface area (Å²) >= 11 is 0. The Morgan fingerprint density at radius 2 is 1.81 bits per heavy atom. The summed E-state index contributed by atoms with van der Waals surface area (Å²) in [7, 11) is 0. The normalized spacial score (nSPS) is 10.6. The Morgan fingerprint density at radius 3 is 2.25 bits per heavy atom. The maximum atomic E-state index is 11.3. The molecular formula is C12H16N2O2. The highest BCUT2D eigenvalue weighted by atomic mass is 16.1. The molecule has 0 saturated carbocycles. The van der Waals surface area contributed by atoms with E-state index in [1.54, 1.807) is 6.07 Å². The molecular weight excluding hydrogens is 204 g/mol. The third kappa shape index (κ3) is 2.95. The molecule has 0 aliphatic rings. The molecule has 1 aromatic rings. The number of hydrogen-bond donors (Lipinski definition) is 0. The van der Waals surface area contributed by atoms with Gasteiger partial charge in [0.15, 0.2) is 11.6 Å². The lowest BCUT2D eigenvalue weighted by Crippen LogP contribution is -2.11. The van der Waals surface area contributed by atoms with Gasteiger partial charge >= 0.3 is 0 Å². The maximum absolute atomic E-state index is 11.3. The molecule has 4 heteroatoms. The topological polar surface area (TPSA) is 59.9 Å². The number of carbonyl (C=O) groups excluding carboxylic acids is 2. The minimum absolute atomic E-state index is 0.113. The zero-order chi connectivity index (χ0) is 12.3. The van der Waals surface area contributed by atoms with Crippen molar-refractivity contribution in [2.75, 3.05) is 0 Å². The minimum Gasteiger partial charge on any atom is -0.293 e. The third-order valence-electron chi connectivity index (χ3n) is 2.20. The van der Waals surface area contributed by atoms with E-state index in [4.69, 9.17) is 0 Å². The van der Waals surface area contributed by atoms with Gasteiger partial charge in [-0.1, -0.05) is 13.8 Å². The molecule has 0 aromatic carbocycles.